The zero-order valence-corrected chi connectivity index (χ0v) is 9.90. The number of carbonyl (C=O) groups is 1. The van der Waals surface area contributed by atoms with Crippen LogP contribution in [0.3, 0.4) is 0 Å². The Balaban J connectivity index is 2.88. The van der Waals surface area contributed by atoms with E-state index in [4.69, 9.17) is 4.74 Å². The highest BCUT2D eigenvalue weighted by molar-refractivity contribution is 5.78. The van der Waals surface area contributed by atoms with Gasteiger partial charge in [0.15, 0.2) is 5.60 Å². The van der Waals surface area contributed by atoms with Gasteiger partial charge in [0.1, 0.15) is 11.5 Å². The van der Waals surface area contributed by atoms with Gasteiger partial charge in [-0.15, -0.1) is 0 Å². The van der Waals surface area contributed by atoms with Crippen LogP contribution in [0, 0.1) is 6.92 Å². The van der Waals surface area contributed by atoms with E-state index in [1.807, 2.05) is 0 Å². The van der Waals surface area contributed by atoms with Crippen molar-refractivity contribution in [1.82, 2.24) is 0 Å². The third kappa shape index (κ3) is 2.66. The number of phenolic OH excluding ortho intramolecular Hbond substituents is 1. The van der Waals surface area contributed by atoms with Crippen LogP contribution in [0.25, 0.3) is 0 Å². The van der Waals surface area contributed by atoms with Crippen molar-refractivity contribution in [3.63, 3.8) is 0 Å². The number of benzene rings is 1. The molecule has 16 heavy (non-hydrogen) atoms. The highest BCUT2D eigenvalue weighted by Crippen LogP contribution is 2.25. The molecule has 1 aromatic rings. The maximum Gasteiger partial charge on any atom is 0.349 e. The molecule has 0 aliphatic rings. The molecule has 1 aromatic carbocycles. The molecule has 0 aromatic heterocycles. The molecule has 0 aliphatic heterocycles. The zero-order valence-electron chi connectivity index (χ0n) is 9.90. The lowest BCUT2D eigenvalue weighted by Gasteiger charge is -2.23. The largest absolute Gasteiger partial charge is 0.508 e. The Morgan fingerprint density at radius 1 is 1.38 bits per heavy atom. The van der Waals surface area contributed by atoms with Crippen LogP contribution in [0.2, 0.25) is 0 Å². The van der Waals surface area contributed by atoms with Gasteiger partial charge in [-0.25, -0.2) is 4.79 Å². The lowest BCUT2D eigenvalue weighted by molar-refractivity contribution is -0.156. The van der Waals surface area contributed by atoms with E-state index in [-0.39, 0.29) is 5.75 Å². The van der Waals surface area contributed by atoms with Gasteiger partial charge in [-0.2, -0.15) is 0 Å². The van der Waals surface area contributed by atoms with Crippen LogP contribution in [-0.4, -0.2) is 23.8 Å². The highest BCUT2D eigenvalue weighted by atomic mass is 16.6. The molecule has 0 atom stereocenters. The molecule has 0 fully saturated rings. The van der Waals surface area contributed by atoms with E-state index in [0.29, 0.717) is 11.3 Å². The second kappa shape index (κ2) is 4.43. The van der Waals surface area contributed by atoms with Gasteiger partial charge in [0.2, 0.25) is 0 Å². The standard InChI is InChI=1S/C12H16O4/c1-8-7-9(5-6-10(8)13)16-12(2,3)11(14)15-4/h5-7,13H,1-4H3. The van der Waals surface area contributed by atoms with Crippen LogP contribution in [0.5, 0.6) is 11.5 Å². The third-order valence-electron chi connectivity index (χ3n) is 2.22. The first-order valence-corrected chi connectivity index (χ1v) is 4.94. The van der Waals surface area contributed by atoms with Crippen molar-refractivity contribution < 1.29 is 19.4 Å². The number of esters is 1. The number of carbonyl (C=O) groups excluding carboxylic acids is 1. The summed E-state index contributed by atoms with van der Waals surface area (Å²) in [5.41, 5.74) is -0.351. The Morgan fingerprint density at radius 3 is 2.50 bits per heavy atom. The fraction of sp³-hybridized carbons (Fsp3) is 0.417. The fourth-order valence-electron chi connectivity index (χ4n) is 1.27. The summed E-state index contributed by atoms with van der Waals surface area (Å²) in [4.78, 5) is 11.4. The minimum absolute atomic E-state index is 0.197. The summed E-state index contributed by atoms with van der Waals surface area (Å²) in [6.07, 6.45) is 0. The SMILES string of the molecule is COC(=O)C(C)(C)Oc1ccc(O)c(C)c1. The molecule has 0 amide bonds. The number of methoxy groups -OCH3 is 1. The Labute approximate surface area is 94.8 Å². The molecular weight excluding hydrogens is 208 g/mol. The Hall–Kier alpha value is -1.71. The summed E-state index contributed by atoms with van der Waals surface area (Å²) in [6.45, 7) is 5.01. The van der Waals surface area contributed by atoms with Gasteiger partial charge < -0.3 is 14.6 Å². The first-order valence-electron chi connectivity index (χ1n) is 4.94. The summed E-state index contributed by atoms with van der Waals surface area (Å²) >= 11 is 0. The van der Waals surface area contributed by atoms with Crippen molar-refractivity contribution in [2.45, 2.75) is 26.4 Å². The summed E-state index contributed by atoms with van der Waals surface area (Å²) in [5.74, 6) is 0.271. The number of hydrogen-bond donors (Lipinski definition) is 1. The van der Waals surface area contributed by atoms with Crippen LogP contribution in [0.1, 0.15) is 19.4 Å². The molecule has 0 radical (unpaired) electrons. The van der Waals surface area contributed by atoms with Crippen molar-refractivity contribution >= 4 is 5.97 Å². The topological polar surface area (TPSA) is 55.8 Å². The quantitative estimate of drug-likeness (QED) is 0.798. The maximum absolute atomic E-state index is 11.4. The first-order chi connectivity index (χ1) is 7.36. The number of hydrogen-bond acceptors (Lipinski definition) is 4. The Kier molecular flexibility index (Phi) is 3.42. The Bertz CT molecular complexity index is 396. The van der Waals surface area contributed by atoms with E-state index in [1.165, 1.54) is 13.2 Å². The highest BCUT2D eigenvalue weighted by Gasteiger charge is 2.31. The van der Waals surface area contributed by atoms with E-state index >= 15 is 0 Å². The van der Waals surface area contributed by atoms with Crippen LogP contribution in [0.15, 0.2) is 18.2 Å². The molecule has 0 bridgehead atoms. The average molecular weight is 224 g/mol. The molecule has 1 rings (SSSR count). The summed E-state index contributed by atoms with van der Waals surface area (Å²) < 4.78 is 10.1. The van der Waals surface area contributed by atoms with Crippen molar-refractivity contribution in [2.24, 2.45) is 0 Å². The second-order valence-electron chi connectivity index (χ2n) is 4.05. The number of rotatable bonds is 3. The lowest BCUT2D eigenvalue weighted by atomic mass is 10.1. The normalized spacial score (nSPS) is 11.0. The van der Waals surface area contributed by atoms with Gasteiger partial charge in [0.05, 0.1) is 7.11 Å². The molecule has 4 heteroatoms. The van der Waals surface area contributed by atoms with Crippen molar-refractivity contribution in [2.75, 3.05) is 7.11 Å². The van der Waals surface area contributed by atoms with E-state index in [2.05, 4.69) is 4.74 Å². The van der Waals surface area contributed by atoms with Crippen LogP contribution in [0.4, 0.5) is 0 Å². The summed E-state index contributed by atoms with van der Waals surface area (Å²) in [6, 6.07) is 4.80. The smallest absolute Gasteiger partial charge is 0.349 e. The first kappa shape index (κ1) is 12.4. The molecule has 88 valence electrons. The molecular formula is C12H16O4. The second-order valence-corrected chi connectivity index (χ2v) is 4.05. The number of ether oxygens (including phenoxy) is 2. The predicted molar refractivity (Wildman–Crippen MR) is 59.6 cm³/mol. The van der Waals surface area contributed by atoms with E-state index < -0.39 is 11.6 Å². The number of aromatic hydroxyl groups is 1. The predicted octanol–water partition coefficient (Wildman–Crippen LogP) is 2.03. The lowest BCUT2D eigenvalue weighted by Crippen LogP contribution is -2.39. The van der Waals surface area contributed by atoms with E-state index in [9.17, 15) is 9.90 Å². The van der Waals surface area contributed by atoms with Gasteiger partial charge >= 0.3 is 5.97 Å². The maximum atomic E-state index is 11.4. The van der Waals surface area contributed by atoms with Crippen molar-refractivity contribution in [3.8, 4) is 11.5 Å². The minimum Gasteiger partial charge on any atom is -0.508 e. The molecule has 0 saturated heterocycles. The molecule has 1 N–H and O–H groups in total. The molecule has 0 spiro atoms. The van der Waals surface area contributed by atoms with Gasteiger partial charge in [-0.05, 0) is 44.5 Å². The Morgan fingerprint density at radius 2 is 2.00 bits per heavy atom. The summed E-state index contributed by atoms with van der Waals surface area (Å²) in [5, 5.41) is 9.35. The zero-order chi connectivity index (χ0) is 12.3. The van der Waals surface area contributed by atoms with Gasteiger partial charge in [-0.1, -0.05) is 0 Å². The number of aryl methyl sites for hydroxylation is 1. The van der Waals surface area contributed by atoms with Gasteiger partial charge in [0, 0.05) is 0 Å². The molecule has 0 unspecified atom stereocenters. The molecule has 0 heterocycles. The van der Waals surface area contributed by atoms with Crippen molar-refractivity contribution in [3.05, 3.63) is 23.8 Å². The van der Waals surface area contributed by atoms with Crippen molar-refractivity contribution in [1.29, 1.82) is 0 Å². The van der Waals surface area contributed by atoms with Gasteiger partial charge in [-0.3, -0.25) is 0 Å². The van der Waals surface area contributed by atoms with Crippen LogP contribution < -0.4 is 4.74 Å². The summed E-state index contributed by atoms with van der Waals surface area (Å²) in [7, 11) is 1.31. The monoisotopic (exact) mass is 224 g/mol. The average Bonchev–Trinajstić information content (AvgIpc) is 2.22. The van der Waals surface area contributed by atoms with E-state index in [1.54, 1.807) is 32.9 Å². The third-order valence-corrected chi connectivity index (χ3v) is 2.22. The molecule has 0 aliphatic carbocycles. The molecule has 0 saturated carbocycles. The van der Waals surface area contributed by atoms with Gasteiger partial charge in [0.25, 0.3) is 0 Å². The number of phenols is 1. The fourth-order valence-corrected chi connectivity index (χ4v) is 1.27. The van der Waals surface area contributed by atoms with E-state index in [0.717, 1.165) is 0 Å². The minimum atomic E-state index is -1.04. The van der Waals surface area contributed by atoms with Crippen LogP contribution in [-0.2, 0) is 9.53 Å². The van der Waals surface area contributed by atoms with Crippen LogP contribution >= 0.6 is 0 Å². The molecule has 4 nitrogen and oxygen atoms in total.